The van der Waals surface area contributed by atoms with Crippen molar-refractivity contribution in [2.45, 2.75) is 20.0 Å². The lowest BCUT2D eigenvalue weighted by atomic mass is 9.97. The molecule has 4 heteroatoms. The molecule has 0 aliphatic carbocycles. The summed E-state index contributed by atoms with van der Waals surface area (Å²) in [6.07, 6.45) is -0.521. The van der Waals surface area contributed by atoms with Crippen LogP contribution in [0.15, 0.2) is 84.9 Å². The van der Waals surface area contributed by atoms with E-state index in [0.717, 1.165) is 16.7 Å². The third-order valence-corrected chi connectivity index (χ3v) is 4.11. The van der Waals surface area contributed by atoms with Crippen molar-refractivity contribution in [2.75, 3.05) is 6.61 Å². The molecule has 3 rings (SSSR count). The molecule has 0 aliphatic rings. The van der Waals surface area contributed by atoms with E-state index in [2.05, 4.69) is 0 Å². The zero-order valence-electron chi connectivity index (χ0n) is 16.0. The van der Waals surface area contributed by atoms with Crippen LogP contribution in [0.3, 0.4) is 0 Å². The number of ketones is 1. The normalized spacial score (nSPS) is 11.1. The number of carbonyl (C=O) groups excluding carboxylic acids is 1. The van der Waals surface area contributed by atoms with Gasteiger partial charge in [0.2, 0.25) is 0 Å². The van der Waals surface area contributed by atoms with Crippen molar-refractivity contribution < 1.29 is 19.4 Å². The van der Waals surface area contributed by atoms with Crippen LogP contribution in [0.5, 0.6) is 0 Å². The van der Waals surface area contributed by atoms with Gasteiger partial charge in [-0.2, -0.15) is 0 Å². The second-order valence-corrected chi connectivity index (χ2v) is 6.10. The van der Waals surface area contributed by atoms with Crippen molar-refractivity contribution in [3.63, 3.8) is 0 Å². The first kappa shape index (κ1) is 21.1. The van der Waals surface area contributed by atoms with Gasteiger partial charge in [-0.15, -0.1) is 0 Å². The summed E-state index contributed by atoms with van der Waals surface area (Å²) in [5.74, 6) is -0.859. The lowest BCUT2D eigenvalue weighted by Crippen LogP contribution is -2.17. The summed E-state index contributed by atoms with van der Waals surface area (Å²) in [7, 11) is 0. The lowest BCUT2D eigenvalue weighted by molar-refractivity contribution is 0.0452. The molecule has 0 radical (unpaired) electrons. The van der Waals surface area contributed by atoms with E-state index in [1.165, 1.54) is 0 Å². The summed E-state index contributed by atoms with van der Waals surface area (Å²) >= 11 is 0. The zero-order chi connectivity index (χ0) is 20.4. The molecule has 144 valence electrons. The number of rotatable bonds is 6. The Morgan fingerprint density at radius 2 is 1.39 bits per heavy atom. The Labute approximate surface area is 165 Å². The average molecular weight is 376 g/mol. The van der Waals surface area contributed by atoms with Crippen LogP contribution in [0.2, 0.25) is 0 Å². The molecule has 3 aromatic carbocycles. The maximum absolute atomic E-state index is 12.6. The van der Waals surface area contributed by atoms with E-state index >= 15 is 0 Å². The van der Waals surface area contributed by atoms with Crippen LogP contribution in [-0.2, 0) is 4.74 Å². The third kappa shape index (κ3) is 5.89. The highest BCUT2D eigenvalue weighted by Crippen LogP contribution is 2.23. The molecule has 0 spiro atoms. The molecule has 3 aromatic rings. The summed E-state index contributed by atoms with van der Waals surface area (Å²) in [6.45, 7) is 4.36. The first-order valence-corrected chi connectivity index (χ1v) is 9.09. The fourth-order valence-corrected chi connectivity index (χ4v) is 2.69. The van der Waals surface area contributed by atoms with Crippen LogP contribution in [0, 0.1) is 6.92 Å². The van der Waals surface area contributed by atoms with Gasteiger partial charge in [0.15, 0.2) is 5.78 Å². The van der Waals surface area contributed by atoms with Crippen LogP contribution in [0.25, 0.3) is 0 Å². The van der Waals surface area contributed by atoms with E-state index in [4.69, 9.17) is 9.84 Å². The molecule has 1 N–H and O–H groups in total. The molecule has 28 heavy (non-hydrogen) atoms. The van der Waals surface area contributed by atoms with E-state index in [1.807, 2.05) is 68.4 Å². The molecular formula is C24H24O4. The number of carboxylic acid groups (broad SMARTS) is 1. The fourth-order valence-electron chi connectivity index (χ4n) is 2.69. The standard InChI is InChI=1S/C17H18O2.C7H6O2/c1-3-19-17(14-10-5-4-6-11-14)16(18)15-12-8-7-9-13(15)2;8-7(9)6-4-2-1-3-5-6/h4-12,17H,3H2,1-2H3;1-5H,(H,8,9). The Kier molecular flexibility index (Phi) is 8.12. The monoisotopic (exact) mass is 376 g/mol. The van der Waals surface area contributed by atoms with E-state index in [-0.39, 0.29) is 5.78 Å². The van der Waals surface area contributed by atoms with Gasteiger partial charge in [-0.3, -0.25) is 4.79 Å². The van der Waals surface area contributed by atoms with E-state index < -0.39 is 12.1 Å². The summed E-state index contributed by atoms with van der Waals surface area (Å²) in [4.78, 5) is 22.8. The average Bonchev–Trinajstić information content (AvgIpc) is 2.73. The highest BCUT2D eigenvalue weighted by Gasteiger charge is 2.23. The number of hydrogen-bond acceptors (Lipinski definition) is 3. The van der Waals surface area contributed by atoms with Gasteiger partial charge in [-0.25, -0.2) is 4.79 Å². The Morgan fingerprint density at radius 1 is 0.857 bits per heavy atom. The summed E-state index contributed by atoms with van der Waals surface area (Å²) < 4.78 is 5.65. The summed E-state index contributed by atoms with van der Waals surface area (Å²) in [6, 6.07) is 25.5. The lowest BCUT2D eigenvalue weighted by Gasteiger charge is -2.17. The van der Waals surface area contributed by atoms with Gasteiger partial charge in [0, 0.05) is 12.2 Å². The quantitative estimate of drug-likeness (QED) is 0.590. The van der Waals surface area contributed by atoms with Crippen molar-refractivity contribution >= 4 is 11.8 Å². The maximum Gasteiger partial charge on any atom is 0.335 e. The molecule has 0 heterocycles. The minimum absolute atomic E-state index is 0.0196. The molecule has 0 aliphatic heterocycles. The van der Waals surface area contributed by atoms with E-state index in [1.54, 1.807) is 30.3 Å². The number of ether oxygens (including phenoxy) is 1. The fraction of sp³-hybridized carbons (Fsp3) is 0.167. The predicted molar refractivity (Wildman–Crippen MR) is 110 cm³/mol. The molecule has 0 aromatic heterocycles. The number of aromatic carboxylic acids is 1. The molecule has 0 saturated heterocycles. The van der Waals surface area contributed by atoms with E-state index in [9.17, 15) is 9.59 Å². The maximum atomic E-state index is 12.6. The molecular weight excluding hydrogens is 352 g/mol. The number of carbonyl (C=O) groups is 2. The molecule has 0 bridgehead atoms. The Morgan fingerprint density at radius 3 is 1.89 bits per heavy atom. The van der Waals surface area contributed by atoms with Crippen LogP contribution < -0.4 is 0 Å². The Bertz CT molecular complexity index is 889. The largest absolute Gasteiger partial charge is 0.478 e. The van der Waals surface area contributed by atoms with Crippen LogP contribution in [0.1, 0.15) is 44.9 Å². The van der Waals surface area contributed by atoms with Crippen molar-refractivity contribution in [3.8, 4) is 0 Å². The Hall–Kier alpha value is -3.24. The number of Topliss-reactive ketones (excluding diaryl/α,β-unsaturated/α-hetero) is 1. The molecule has 0 saturated carbocycles. The van der Waals surface area contributed by atoms with Gasteiger partial charge in [0.1, 0.15) is 6.10 Å². The molecule has 0 amide bonds. The first-order valence-electron chi connectivity index (χ1n) is 9.09. The summed E-state index contributed by atoms with van der Waals surface area (Å²) in [5, 5.41) is 8.38. The van der Waals surface area contributed by atoms with Gasteiger partial charge < -0.3 is 9.84 Å². The summed E-state index contributed by atoms with van der Waals surface area (Å²) in [5.41, 5.74) is 2.94. The van der Waals surface area contributed by atoms with Crippen LogP contribution in [-0.4, -0.2) is 23.5 Å². The van der Waals surface area contributed by atoms with Crippen molar-refractivity contribution in [2.24, 2.45) is 0 Å². The van der Waals surface area contributed by atoms with Gasteiger partial charge >= 0.3 is 5.97 Å². The SMILES string of the molecule is CCOC(C(=O)c1ccccc1C)c1ccccc1.O=C(O)c1ccccc1. The van der Waals surface area contributed by atoms with E-state index in [0.29, 0.717) is 12.2 Å². The molecule has 0 fully saturated rings. The second kappa shape index (κ2) is 10.8. The van der Waals surface area contributed by atoms with Gasteiger partial charge in [0.25, 0.3) is 0 Å². The number of benzene rings is 3. The minimum Gasteiger partial charge on any atom is -0.478 e. The highest BCUT2D eigenvalue weighted by atomic mass is 16.5. The molecule has 4 nitrogen and oxygen atoms in total. The molecule has 1 atom stereocenters. The van der Waals surface area contributed by atoms with Gasteiger partial charge in [0.05, 0.1) is 5.56 Å². The molecule has 1 unspecified atom stereocenters. The predicted octanol–water partition coefficient (Wildman–Crippen LogP) is 5.34. The van der Waals surface area contributed by atoms with Crippen LogP contribution >= 0.6 is 0 Å². The number of carboxylic acids is 1. The van der Waals surface area contributed by atoms with Crippen molar-refractivity contribution in [1.29, 1.82) is 0 Å². The zero-order valence-corrected chi connectivity index (χ0v) is 16.0. The minimum atomic E-state index is -0.879. The first-order chi connectivity index (χ1) is 13.5. The topological polar surface area (TPSA) is 63.6 Å². The van der Waals surface area contributed by atoms with Gasteiger partial charge in [-0.1, -0.05) is 72.8 Å². The van der Waals surface area contributed by atoms with Crippen molar-refractivity contribution in [1.82, 2.24) is 0 Å². The number of aryl methyl sites for hydroxylation is 1. The van der Waals surface area contributed by atoms with Crippen LogP contribution in [0.4, 0.5) is 0 Å². The van der Waals surface area contributed by atoms with Crippen molar-refractivity contribution in [3.05, 3.63) is 107 Å². The Balaban J connectivity index is 0.000000261. The smallest absolute Gasteiger partial charge is 0.335 e. The third-order valence-electron chi connectivity index (χ3n) is 4.11. The highest BCUT2D eigenvalue weighted by molar-refractivity contribution is 6.01. The number of hydrogen-bond donors (Lipinski definition) is 1. The second-order valence-electron chi connectivity index (χ2n) is 6.10. The van der Waals surface area contributed by atoms with Gasteiger partial charge in [-0.05, 0) is 37.1 Å².